The molecule has 0 aliphatic rings. The van der Waals surface area contributed by atoms with Gasteiger partial charge in [-0.2, -0.15) is 10.2 Å². The molecule has 2 rings (SSSR count). The first-order valence-corrected chi connectivity index (χ1v) is 9.23. The Labute approximate surface area is 185 Å². The van der Waals surface area contributed by atoms with E-state index in [0.717, 1.165) is 0 Å². The monoisotopic (exact) mass is 446 g/mol. The highest BCUT2D eigenvalue weighted by Crippen LogP contribution is 2.34. The predicted octanol–water partition coefficient (Wildman–Crippen LogP) is 2.41. The lowest BCUT2D eigenvalue weighted by Crippen LogP contribution is -2.28. The molecule has 0 aromatic heterocycles. The SMILES string of the molecule is COc1cc(OC)c(OC)cc1/C=N/NC(=O)N/N=C/c1cc(OC)c(OC)cc1OC. The molecule has 11 heteroatoms. The van der Waals surface area contributed by atoms with E-state index in [1.54, 1.807) is 24.3 Å². The van der Waals surface area contributed by atoms with Crippen molar-refractivity contribution < 1.29 is 33.2 Å². The lowest BCUT2D eigenvalue weighted by Gasteiger charge is -2.12. The number of hydrogen-bond acceptors (Lipinski definition) is 9. The summed E-state index contributed by atoms with van der Waals surface area (Å²) in [6, 6.07) is 5.99. The fourth-order valence-electron chi connectivity index (χ4n) is 2.65. The van der Waals surface area contributed by atoms with Gasteiger partial charge < -0.3 is 28.4 Å². The van der Waals surface area contributed by atoms with Crippen molar-refractivity contribution in [3.8, 4) is 34.5 Å². The zero-order valence-corrected chi connectivity index (χ0v) is 18.7. The zero-order chi connectivity index (χ0) is 23.5. The Morgan fingerprint density at radius 3 is 1.22 bits per heavy atom. The molecule has 11 nitrogen and oxygen atoms in total. The van der Waals surface area contributed by atoms with Gasteiger partial charge in [0.25, 0.3) is 0 Å². The minimum absolute atomic E-state index is 0.493. The maximum absolute atomic E-state index is 12.0. The molecule has 2 aromatic rings. The third-order valence-electron chi connectivity index (χ3n) is 4.21. The number of rotatable bonds is 10. The second-order valence-electron chi connectivity index (χ2n) is 5.97. The van der Waals surface area contributed by atoms with Crippen molar-refractivity contribution in [1.82, 2.24) is 10.9 Å². The van der Waals surface area contributed by atoms with Crippen LogP contribution in [0, 0.1) is 0 Å². The molecule has 0 bridgehead atoms. The standard InChI is InChI=1S/C21H26N4O7/c1-27-15-9-19(31-5)17(29-3)7-13(15)11-22-24-21(26)25-23-12-14-8-18(30-4)20(32-6)10-16(14)28-2/h7-12H,1-6H3,(H2,24,25,26)/b22-11+,23-12+. The molecule has 0 radical (unpaired) electrons. The van der Waals surface area contributed by atoms with Gasteiger partial charge in [-0.05, 0) is 12.1 Å². The third kappa shape index (κ3) is 5.94. The summed E-state index contributed by atoms with van der Waals surface area (Å²) < 4.78 is 31.6. The van der Waals surface area contributed by atoms with Gasteiger partial charge >= 0.3 is 6.03 Å². The quantitative estimate of drug-likeness (QED) is 0.425. The van der Waals surface area contributed by atoms with E-state index < -0.39 is 6.03 Å². The number of amides is 2. The molecule has 0 atom stereocenters. The first-order valence-electron chi connectivity index (χ1n) is 9.23. The Bertz CT molecular complexity index is 915. The minimum atomic E-state index is -0.656. The Morgan fingerprint density at radius 1 is 0.594 bits per heavy atom. The highest BCUT2D eigenvalue weighted by atomic mass is 16.5. The number of hydrogen-bond donors (Lipinski definition) is 2. The number of nitrogens with one attached hydrogen (secondary N) is 2. The van der Waals surface area contributed by atoms with Crippen molar-refractivity contribution in [3.05, 3.63) is 35.4 Å². The average molecular weight is 446 g/mol. The summed E-state index contributed by atoms with van der Waals surface area (Å²) in [6.07, 6.45) is 2.81. The second kappa shape index (κ2) is 11.9. The summed E-state index contributed by atoms with van der Waals surface area (Å²) in [5, 5.41) is 7.78. The molecule has 0 saturated carbocycles. The van der Waals surface area contributed by atoms with Crippen LogP contribution in [0.4, 0.5) is 4.79 Å². The van der Waals surface area contributed by atoms with E-state index in [2.05, 4.69) is 21.1 Å². The largest absolute Gasteiger partial charge is 0.496 e. The van der Waals surface area contributed by atoms with Crippen LogP contribution >= 0.6 is 0 Å². The van der Waals surface area contributed by atoms with E-state index in [1.807, 2.05) is 0 Å². The molecule has 0 heterocycles. The molecule has 0 fully saturated rings. The smallest absolute Gasteiger partial charge is 0.355 e. The number of hydrazone groups is 2. The van der Waals surface area contributed by atoms with Gasteiger partial charge in [-0.1, -0.05) is 0 Å². The number of carbonyl (C=O) groups excluding carboxylic acids is 1. The number of nitrogens with zero attached hydrogens (tertiary/aromatic N) is 2. The fourth-order valence-corrected chi connectivity index (χ4v) is 2.65. The van der Waals surface area contributed by atoms with Crippen LogP contribution in [0.3, 0.4) is 0 Å². The number of methoxy groups -OCH3 is 6. The van der Waals surface area contributed by atoms with Crippen LogP contribution in [0.2, 0.25) is 0 Å². The van der Waals surface area contributed by atoms with Gasteiger partial charge in [0.1, 0.15) is 11.5 Å². The Kier molecular flexibility index (Phi) is 8.96. The molecule has 32 heavy (non-hydrogen) atoms. The van der Waals surface area contributed by atoms with E-state index in [0.29, 0.717) is 45.6 Å². The molecule has 2 aromatic carbocycles. The van der Waals surface area contributed by atoms with Crippen LogP contribution in [0.1, 0.15) is 11.1 Å². The number of carbonyl (C=O) groups is 1. The average Bonchev–Trinajstić information content (AvgIpc) is 2.83. The molecule has 0 aliphatic heterocycles. The first-order chi connectivity index (χ1) is 15.5. The lowest BCUT2D eigenvalue weighted by molar-refractivity contribution is 0.242. The normalized spacial score (nSPS) is 10.7. The molecular weight excluding hydrogens is 420 g/mol. The van der Waals surface area contributed by atoms with Gasteiger partial charge in [-0.3, -0.25) is 0 Å². The maximum atomic E-state index is 12.0. The van der Waals surface area contributed by atoms with Gasteiger partial charge in [-0.25, -0.2) is 15.6 Å². The van der Waals surface area contributed by atoms with Gasteiger partial charge in [-0.15, -0.1) is 0 Å². The summed E-state index contributed by atoms with van der Waals surface area (Å²) in [4.78, 5) is 12.0. The third-order valence-corrected chi connectivity index (χ3v) is 4.21. The lowest BCUT2D eigenvalue weighted by atomic mass is 10.2. The van der Waals surface area contributed by atoms with Gasteiger partial charge in [0.15, 0.2) is 23.0 Å². The summed E-state index contributed by atoms with van der Waals surface area (Å²) in [6.45, 7) is 0. The van der Waals surface area contributed by atoms with Crippen molar-refractivity contribution >= 4 is 18.5 Å². The van der Waals surface area contributed by atoms with E-state index >= 15 is 0 Å². The van der Waals surface area contributed by atoms with E-state index in [4.69, 9.17) is 28.4 Å². The molecule has 2 N–H and O–H groups in total. The maximum Gasteiger partial charge on any atom is 0.355 e. The van der Waals surface area contributed by atoms with Crippen LogP contribution in [0.25, 0.3) is 0 Å². The molecule has 0 saturated heterocycles. The second-order valence-corrected chi connectivity index (χ2v) is 5.97. The van der Waals surface area contributed by atoms with Crippen molar-refractivity contribution in [2.75, 3.05) is 42.7 Å². The van der Waals surface area contributed by atoms with E-state index in [-0.39, 0.29) is 0 Å². The summed E-state index contributed by atoms with van der Waals surface area (Å²) in [7, 11) is 9.10. The molecule has 0 spiro atoms. The van der Waals surface area contributed by atoms with Crippen molar-refractivity contribution in [2.45, 2.75) is 0 Å². The van der Waals surface area contributed by atoms with Gasteiger partial charge in [0.2, 0.25) is 0 Å². The highest BCUT2D eigenvalue weighted by Gasteiger charge is 2.11. The van der Waals surface area contributed by atoms with E-state index in [1.165, 1.54) is 55.1 Å². The van der Waals surface area contributed by atoms with Gasteiger partial charge in [0.05, 0.1) is 55.1 Å². The summed E-state index contributed by atoms with van der Waals surface area (Å²) >= 11 is 0. The number of ether oxygens (including phenoxy) is 6. The van der Waals surface area contributed by atoms with Crippen LogP contribution in [0.5, 0.6) is 34.5 Å². The van der Waals surface area contributed by atoms with Crippen molar-refractivity contribution in [1.29, 1.82) is 0 Å². The molecule has 0 aliphatic carbocycles. The molecule has 2 amide bonds. The topological polar surface area (TPSA) is 121 Å². The predicted molar refractivity (Wildman–Crippen MR) is 119 cm³/mol. The molecule has 172 valence electrons. The van der Waals surface area contributed by atoms with Crippen LogP contribution in [0.15, 0.2) is 34.5 Å². The van der Waals surface area contributed by atoms with Crippen molar-refractivity contribution in [2.24, 2.45) is 10.2 Å². The van der Waals surface area contributed by atoms with E-state index in [9.17, 15) is 4.79 Å². The van der Waals surface area contributed by atoms with Gasteiger partial charge in [0, 0.05) is 23.3 Å². The minimum Gasteiger partial charge on any atom is -0.496 e. The van der Waals surface area contributed by atoms with Crippen LogP contribution in [-0.2, 0) is 0 Å². The fraction of sp³-hybridized carbons (Fsp3) is 0.286. The number of urea groups is 1. The van der Waals surface area contributed by atoms with Crippen LogP contribution in [-0.4, -0.2) is 61.1 Å². The molecule has 0 unspecified atom stereocenters. The first kappa shape index (κ1) is 24.1. The Balaban J connectivity index is 2.05. The zero-order valence-electron chi connectivity index (χ0n) is 18.7. The Morgan fingerprint density at radius 2 is 0.906 bits per heavy atom. The number of benzene rings is 2. The molecular formula is C21H26N4O7. The van der Waals surface area contributed by atoms with Crippen molar-refractivity contribution in [3.63, 3.8) is 0 Å². The Hall–Kier alpha value is -4.15. The summed E-state index contributed by atoms with van der Waals surface area (Å²) in [5.41, 5.74) is 5.76. The highest BCUT2D eigenvalue weighted by molar-refractivity contribution is 5.88. The summed E-state index contributed by atoms with van der Waals surface area (Å²) in [5.74, 6) is 2.99. The van der Waals surface area contributed by atoms with Crippen LogP contribution < -0.4 is 39.3 Å².